The van der Waals surface area contributed by atoms with E-state index >= 15 is 0 Å². The second-order valence-corrected chi connectivity index (χ2v) is 11.7. The number of ether oxygens (including phenoxy) is 2. The fourth-order valence-electron chi connectivity index (χ4n) is 5.99. The smallest absolute Gasteiger partial charge is 0.304 e. The second kappa shape index (κ2) is 13.1. The third-order valence-electron chi connectivity index (χ3n) is 8.54. The van der Waals surface area contributed by atoms with Crippen LogP contribution in [0.4, 0.5) is 23.4 Å². The van der Waals surface area contributed by atoms with E-state index in [2.05, 4.69) is 15.1 Å². The zero-order valence-corrected chi connectivity index (χ0v) is 25.9. The first-order valence-electron chi connectivity index (χ1n) is 15.3. The summed E-state index contributed by atoms with van der Waals surface area (Å²) < 4.78 is 67.4. The van der Waals surface area contributed by atoms with Crippen molar-refractivity contribution in [3.63, 3.8) is 0 Å². The van der Waals surface area contributed by atoms with Crippen LogP contribution >= 0.6 is 0 Å². The Kier molecular flexibility index (Phi) is 8.97. The lowest BCUT2D eigenvalue weighted by Crippen LogP contribution is -2.41. The fraction of sp³-hybridized carbons (Fsp3) is 0.333. The van der Waals surface area contributed by atoms with Crippen LogP contribution in [-0.4, -0.2) is 74.9 Å². The van der Waals surface area contributed by atoms with Gasteiger partial charge in [0.25, 0.3) is 6.43 Å². The molecular weight excluding hydrogens is 634 g/mol. The Morgan fingerprint density at radius 1 is 1.17 bits per heavy atom. The number of piperidine rings is 1. The Balaban J connectivity index is 1.25. The molecule has 1 aliphatic heterocycles. The van der Waals surface area contributed by atoms with Gasteiger partial charge < -0.3 is 30.8 Å². The number of H-pyrrole nitrogens is 1. The number of likely N-dealkylation sites (tertiary alicyclic amines) is 1. The minimum absolute atomic E-state index is 0.00557. The minimum Gasteiger partial charge on any atom is -0.487 e. The molecule has 0 radical (unpaired) electrons. The van der Waals surface area contributed by atoms with Gasteiger partial charge in [0.15, 0.2) is 5.83 Å². The average molecular weight is 668 g/mol. The van der Waals surface area contributed by atoms with Crippen molar-refractivity contribution in [2.24, 2.45) is 5.73 Å². The number of fused-ring (bicyclic) bond motifs is 1. The molecule has 252 valence electrons. The number of nitrogens with one attached hydrogen (secondary N) is 1. The Hall–Kier alpha value is -5.18. The molecule has 1 aliphatic carbocycles. The zero-order chi connectivity index (χ0) is 34.2. The van der Waals surface area contributed by atoms with E-state index in [-0.39, 0.29) is 53.5 Å². The molecule has 2 aliphatic rings. The van der Waals surface area contributed by atoms with E-state index in [9.17, 15) is 27.2 Å². The van der Waals surface area contributed by atoms with Gasteiger partial charge in [0.2, 0.25) is 17.6 Å². The molecule has 48 heavy (non-hydrogen) atoms. The lowest BCUT2D eigenvalue weighted by molar-refractivity contribution is -0.130. The number of nitrogens with two attached hydrogens (primary N) is 2. The van der Waals surface area contributed by atoms with Crippen molar-refractivity contribution < 1.29 is 36.6 Å². The molecule has 4 aromatic rings. The number of halogens is 4. The predicted molar refractivity (Wildman–Crippen MR) is 169 cm³/mol. The molecule has 0 saturated carbocycles. The van der Waals surface area contributed by atoms with Crippen molar-refractivity contribution >= 4 is 28.4 Å². The molecule has 5 N–H and O–H groups in total. The number of hydrogen-bond acceptors (Lipinski definition) is 8. The average Bonchev–Trinajstić information content (AvgIpc) is 3.67. The number of aryl methyl sites for hydroxylation is 1. The minimum atomic E-state index is -2.68. The summed E-state index contributed by atoms with van der Waals surface area (Å²) in [5.74, 6) is -4.30. The van der Waals surface area contributed by atoms with E-state index in [0.29, 0.717) is 53.6 Å². The van der Waals surface area contributed by atoms with Gasteiger partial charge in [-0.15, -0.1) is 0 Å². The topological polar surface area (TPSA) is 154 Å². The van der Waals surface area contributed by atoms with Gasteiger partial charge in [-0.25, -0.2) is 22.8 Å². The number of aromatic amines is 1. The highest BCUT2D eigenvalue weighted by molar-refractivity contribution is 6.12. The normalized spacial score (nSPS) is 18.4. The van der Waals surface area contributed by atoms with Crippen molar-refractivity contribution in [2.75, 3.05) is 32.0 Å². The van der Waals surface area contributed by atoms with Crippen molar-refractivity contribution in [1.29, 1.82) is 0 Å². The first-order chi connectivity index (χ1) is 23.0. The summed E-state index contributed by atoms with van der Waals surface area (Å²) in [7, 11) is 0. The standard InChI is InChI=1S/C33H33F4N7O4/c1-18-10-29(48-33(37)7-3-2-4-27(33)34)40-16-25(18)44-32(39)22(15-41-44)31(46)24-11-20-12-26(47-17-28(35)36)21(13-23(20)42-24)19-5-8-43(9-6-19)30(45)14-38/h2-4,10-13,15-16,19,28,42H,5-9,14,17,38-39H2,1H3. The summed E-state index contributed by atoms with van der Waals surface area (Å²) in [5.41, 5.74) is 14.3. The molecule has 0 spiro atoms. The van der Waals surface area contributed by atoms with Crippen molar-refractivity contribution in [3.8, 4) is 17.3 Å². The van der Waals surface area contributed by atoms with Gasteiger partial charge in [0, 0.05) is 36.5 Å². The highest BCUT2D eigenvalue weighted by Crippen LogP contribution is 2.38. The maximum Gasteiger partial charge on any atom is 0.304 e. The quantitative estimate of drug-likeness (QED) is 0.157. The molecule has 15 heteroatoms. The van der Waals surface area contributed by atoms with Crippen LogP contribution in [0.15, 0.2) is 60.7 Å². The molecule has 1 atom stereocenters. The zero-order valence-electron chi connectivity index (χ0n) is 25.9. The van der Waals surface area contributed by atoms with Crippen molar-refractivity contribution in [1.82, 2.24) is 24.6 Å². The summed E-state index contributed by atoms with van der Waals surface area (Å²) in [6, 6.07) is 6.40. The fourth-order valence-corrected chi connectivity index (χ4v) is 5.99. The lowest BCUT2D eigenvalue weighted by atomic mass is 9.88. The SMILES string of the molecule is Cc1cc(OC2(F)CC=CC=C2F)ncc1-n1ncc(C(=O)c2cc3cc(OCC(F)F)c(C4CCN(C(=O)CN)CC4)cc3[nH]2)c1N. The molecule has 0 bridgehead atoms. The number of alkyl halides is 3. The van der Waals surface area contributed by atoms with E-state index in [1.54, 1.807) is 30.0 Å². The molecule has 1 aromatic carbocycles. The number of pyridine rings is 1. The van der Waals surface area contributed by atoms with Crippen LogP contribution in [0.2, 0.25) is 0 Å². The number of carbonyl (C=O) groups is 2. The highest BCUT2D eigenvalue weighted by Gasteiger charge is 2.38. The second-order valence-electron chi connectivity index (χ2n) is 11.7. The Labute approximate surface area is 272 Å². The molecule has 11 nitrogen and oxygen atoms in total. The van der Waals surface area contributed by atoms with Gasteiger partial charge in [0.05, 0.1) is 35.9 Å². The van der Waals surface area contributed by atoms with Crippen LogP contribution in [0.5, 0.6) is 11.6 Å². The third kappa shape index (κ3) is 6.37. The number of anilines is 1. The Morgan fingerprint density at radius 2 is 1.94 bits per heavy atom. The van der Waals surface area contributed by atoms with Crippen LogP contribution in [0.1, 0.15) is 52.4 Å². The molecule has 1 saturated heterocycles. The van der Waals surface area contributed by atoms with Gasteiger partial charge in [-0.3, -0.25) is 9.59 Å². The van der Waals surface area contributed by atoms with E-state index < -0.39 is 30.5 Å². The first-order valence-corrected chi connectivity index (χ1v) is 15.3. The molecular formula is C33H33F4N7O4. The summed E-state index contributed by atoms with van der Waals surface area (Å²) in [5, 5.41) is 4.83. The number of nitrogen functional groups attached to an aromatic ring is 1. The molecule has 3 aromatic heterocycles. The van der Waals surface area contributed by atoms with Gasteiger partial charge >= 0.3 is 5.85 Å². The number of nitrogens with zero attached hydrogens (tertiary/aromatic N) is 4. The number of hydrogen-bond donors (Lipinski definition) is 3. The van der Waals surface area contributed by atoms with Crippen LogP contribution < -0.4 is 20.9 Å². The summed E-state index contributed by atoms with van der Waals surface area (Å²) in [6.07, 6.45) is 4.63. The van der Waals surface area contributed by atoms with Crippen LogP contribution in [-0.2, 0) is 4.79 Å². The van der Waals surface area contributed by atoms with Gasteiger partial charge in [0.1, 0.15) is 18.2 Å². The van der Waals surface area contributed by atoms with Gasteiger partial charge in [-0.1, -0.05) is 12.2 Å². The number of benzene rings is 1. The summed E-state index contributed by atoms with van der Waals surface area (Å²) >= 11 is 0. The van der Waals surface area contributed by atoms with Crippen LogP contribution in [0.25, 0.3) is 16.6 Å². The predicted octanol–water partition coefficient (Wildman–Crippen LogP) is 5.04. The van der Waals surface area contributed by atoms with E-state index in [4.69, 9.17) is 20.9 Å². The summed E-state index contributed by atoms with van der Waals surface area (Å²) in [4.78, 5) is 34.6. The molecule has 1 amide bonds. The molecule has 1 fully saturated rings. The third-order valence-corrected chi connectivity index (χ3v) is 8.54. The summed E-state index contributed by atoms with van der Waals surface area (Å²) in [6.45, 7) is 1.74. The number of amides is 1. The number of allylic oxidation sites excluding steroid dienone is 2. The monoisotopic (exact) mass is 667 g/mol. The maximum atomic E-state index is 15.0. The van der Waals surface area contributed by atoms with Crippen LogP contribution in [0, 0.1) is 6.92 Å². The van der Waals surface area contributed by atoms with Gasteiger partial charge in [-0.05, 0) is 61.1 Å². The van der Waals surface area contributed by atoms with E-state index in [1.807, 2.05) is 0 Å². The van der Waals surface area contributed by atoms with Crippen molar-refractivity contribution in [3.05, 3.63) is 83.1 Å². The van der Waals surface area contributed by atoms with Crippen LogP contribution in [0.3, 0.4) is 0 Å². The van der Waals surface area contributed by atoms with Gasteiger partial charge in [-0.2, -0.15) is 9.49 Å². The molecule has 4 heterocycles. The molecule has 6 rings (SSSR count). The highest BCUT2D eigenvalue weighted by atomic mass is 19.3. The van der Waals surface area contributed by atoms with Crippen molar-refractivity contribution in [2.45, 2.75) is 44.4 Å². The number of aromatic nitrogens is 4. The molecule has 1 unspecified atom stereocenters. The Bertz CT molecular complexity index is 1930. The maximum absolute atomic E-state index is 15.0. The number of ketones is 1. The van der Waals surface area contributed by atoms with E-state index in [0.717, 1.165) is 6.08 Å². The largest absolute Gasteiger partial charge is 0.487 e. The Morgan fingerprint density at radius 3 is 2.62 bits per heavy atom. The first kappa shape index (κ1) is 32.7. The van der Waals surface area contributed by atoms with E-state index in [1.165, 1.54) is 35.3 Å². The number of rotatable bonds is 10. The number of carbonyl (C=O) groups excluding carboxylic acids is 2. The lowest BCUT2D eigenvalue weighted by Gasteiger charge is -2.32.